The number of benzene rings is 1. The lowest BCUT2D eigenvalue weighted by Crippen LogP contribution is -2.14. The Labute approximate surface area is 165 Å². The molecule has 2 aromatic heterocycles. The zero-order valence-electron chi connectivity index (χ0n) is 15.1. The Bertz CT molecular complexity index is 1030. The minimum absolute atomic E-state index is 0.0438. The molecule has 7 heteroatoms. The van der Waals surface area contributed by atoms with E-state index in [1.54, 1.807) is 11.3 Å². The molecule has 27 heavy (non-hydrogen) atoms. The van der Waals surface area contributed by atoms with Crippen LogP contribution < -0.4 is 10.9 Å². The van der Waals surface area contributed by atoms with E-state index < -0.39 is 0 Å². The molecular weight excluding hydrogens is 378 g/mol. The zero-order chi connectivity index (χ0) is 18.8. The Morgan fingerprint density at radius 1 is 1.37 bits per heavy atom. The summed E-state index contributed by atoms with van der Waals surface area (Å²) in [6.07, 6.45) is 3.50. The molecule has 1 aliphatic carbocycles. The van der Waals surface area contributed by atoms with Gasteiger partial charge < -0.3 is 10.3 Å². The van der Waals surface area contributed by atoms with Crippen LogP contribution in [0.4, 0.5) is 5.69 Å². The van der Waals surface area contributed by atoms with E-state index >= 15 is 0 Å². The highest BCUT2D eigenvalue weighted by Gasteiger charge is 2.23. The molecular formula is C20H21N3O2S2. The van der Waals surface area contributed by atoms with Gasteiger partial charge in [-0.05, 0) is 42.9 Å². The van der Waals surface area contributed by atoms with E-state index in [4.69, 9.17) is 0 Å². The highest BCUT2D eigenvalue weighted by Crippen LogP contribution is 2.36. The first-order chi connectivity index (χ1) is 13.1. The standard InChI is InChI=1S/C20H21N3O2S2/c1-12-7-8-14-15(11-12)27-19-17(14)18(25)22-20(23-19)26-10-9-16(24)21-13-5-3-2-4-6-13/h2-6,12H,7-11H2,1H3,(H,21,24)(H,22,23,25)/t12-/m1/s1. The number of amides is 1. The van der Waals surface area contributed by atoms with E-state index in [9.17, 15) is 9.59 Å². The van der Waals surface area contributed by atoms with Crippen LogP contribution in [-0.2, 0) is 17.6 Å². The largest absolute Gasteiger partial charge is 0.326 e. The summed E-state index contributed by atoms with van der Waals surface area (Å²) in [6, 6.07) is 9.40. The van der Waals surface area contributed by atoms with Crippen molar-refractivity contribution in [1.82, 2.24) is 9.97 Å². The summed E-state index contributed by atoms with van der Waals surface area (Å²) >= 11 is 3.06. The Morgan fingerprint density at radius 2 is 2.19 bits per heavy atom. The van der Waals surface area contributed by atoms with Crippen molar-refractivity contribution in [3.63, 3.8) is 0 Å². The second-order valence-corrected chi connectivity index (χ2v) is 9.08. The molecule has 0 saturated carbocycles. The fourth-order valence-electron chi connectivity index (χ4n) is 3.38. The maximum absolute atomic E-state index is 12.6. The smallest absolute Gasteiger partial charge is 0.260 e. The third-order valence-electron chi connectivity index (χ3n) is 4.77. The summed E-state index contributed by atoms with van der Waals surface area (Å²) in [4.78, 5) is 34.3. The fourth-order valence-corrected chi connectivity index (χ4v) is 5.63. The monoisotopic (exact) mass is 399 g/mol. The minimum atomic E-state index is -0.0525. The predicted molar refractivity (Wildman–Crippen MR) is 112 cm³/mol. The van der Waals surface area contributed by atoms with Crippen LogP contribution in [-0.4, -0.2) is 21.6 Å². The molecule has 0 radical (unpaired) electrons. The Balaban J connectivity index is 1.42. The molecule has 4 rings (SSSR count). The van der Waals surface area contributed by atoms with E-state index in [0.717, 1.165) is 35.2 Å². The van der Waals surface area contributed by atoms with Gasteiger partial charge in [-0.3, -0.25) is 9.59 Å². The maximum atomic E-state index is 12.6. The van der Waals surface area contributed by atoms with Crippen molar-refractivity contribution >= 4 is 44.9 Å². The summed E-state index contributed by atoms with van der Waals surface area (Å²) in [6.45, 7) is 2.26. The number of carbonyl (C=O) groups excluding carboxylic acids is 1. The quantitative estimate of drug-likeness (QED) is 0.497. The van der Waals surface area contributed by atoms with E-state index in [1.807, 2.05) is 30.3 Å². The van der Waals surface area contributed by atoms with Crippen molar-refractivity contribution in [3.8, 4) is 0 Å². The molecule has 1 atom stereocenters. The van der Waals surface area contributed by atoms with Gasteiger partial charge in [-0.1, -0.05) is 36.9 Å². The van der Waals surface area contributed by atoms with Crippen molar-refractivity contribution in [2.45, 2.75) is 37.8 Å². The lowest BCUT2D eigenvalue weighted by Gasteiger charge is -2.17. The molecule has 1 amide bonds. The number of hydrogen-bond acceptors (Lipinski definition) is 5. The molecule has 0 aliphatic heterocycles. The number of nitrogens with one attached hydrogen (secondary N) is 2. The van der Waals surface area contributed by atoms with Crippen LogP contribution in [0.3, 0.4) is 0 Å². The fraction of sp³-hybridized carbons (Fsp3) is 0.350. The number of fused-ring (bicyclic) bond motifs is 3. The molecule has 2 heterocycles. The Hall–Kier alpha value is -2.12. The SMILES string of the molecule is C[C@@H]1CCc2c(sc3nc(SCCC(=O)Nc4ccccc4)[nH]c(=O)c23)C1. The van der Waals surface area contributed by atoms with Crippen molar-refractivity contribution in [2.24, 2.45) is 5.92 Å². The normalized spacial score (nSPS) is 16.3. The molecule has 140 valence electrons. The van der Waals surface area contributed by atoms with Crippen molar-refractivity contribution < 1.29 is 4.79 Å². The molecule has 1 aliphatic rings. The first-order valence-electron chi connectivity index (χ1n) is 9.12. The number of thioether (sulfide) groups is 1. The van der Waals surface area contributed by atoms with E-state index in [-0.39, 0.29) is 11.5 Å². The predicted octanol–water partition coefficient (Wildman–Crippen LogP) is 4.23. The van der Waals surface area contributed by atoms with E-state index in [1.165, 1.54) is 22.2 Å². The number of carbonyl (C=O) groups is 1. The van der Waals surface area contributed by atoms with Gasteiger partial charge in [0.25, 0.3) is 5.56 Å². The molecule has 0 saturated heterocycles. The average molecular weight is 400 g/mol. The van der Waals surface area contributed by atoms with Crippen LogP contribution in [0.15, 0.2) is 40.3 Å². The number of aromatic amines is 1. The number of hydrogen-bond donors (Lipinski definition) is 2. The van der Waals surface area contributed by atoms with E-state index in [2.05, 4.69) is 22.2 Å². The lowest BCUT2D eigenvalue weighted by molar-refractivity contribution is -0.115. The maximum Gasteiger partial charge on any atom is 0.260 e. The number of aromatic nitrogens is 2. The highest BCUT2D eigenvalue weighted by molar-refractivity contribution is 7.99. The summed E-state index contributed by atoms with van der Waals surface area (Å²) in [7, 11) is 0. The molecule has 0 bridgehead atoms. The topological polar surface area (TPSA) is 74.8 Å². The van der Waals surface area contributed by atoms with Gasteiger partial charge in [-0.25, -0.2) is 4.98 Å². The second-order valence-electron chi connectivity index (χ2n) is 6.92. The van der Waals surface area contributed by atoms with Gasteiger partial charge in [-0.15, -0.1) is 11.3 Å². The summed E-state index contributed by atoms with van der Waals surface area (Å²) in [5, 5.41) is 4.22. The molecule has 0 fully saturated rings. The van der Waals surface area contributed by atoms with Crippen LogP contribution in [0.5, 0.6) is 0 Å². The summed E-state index contributed by atoms with van der Waals surface area (Å²) < 4.78 is 0. The van der Waals surface area contributed by atoms with Gasteiger partial charge in [0.2, 0.25) is 5.91 Å². The van der Waals surface area contributed by atoms with E-state index in [0.29, 0.717) is 23.2 Å². The van der Waals surface area contributed by atoms with Gasteiger partial charge in [0.15, 0.2) is 5.16 Å². The number of anilines is 1. The minimum Gasteiger partial charge on any atom is -0.326 e. The number of aryl methyl sites for hydroxylation is 1. The molecule has 0 unspecified atom stereocenters. The molecule has 5 nitrogen and oxygen atoms in total. The van der Waals surface area contributed by atoms with Crippen molar-refractivity contribution in [3.05, 3.63) is 51.1 Å². The van der Waals surface area contributed by atoms with Crippen LogP contribution in [0.2, 0.25) is 0 Å². The van der Waals surface area contributed by atoms with Gasteiger partial charge in [-0.2, -0.15) is 0 Å². The number of H-pyrrole nitrogens is 1. The van der Waals surface area contributed by atoms with Crippen LogP contribution in [0, 0.1) is 5.92 Å². The number of para-hydroxylation sites is 1. The molecule has 3 aromatic rings. The van der Waals surface area contributed by atoms with Gasteiger partial charge in [0.05, 0.1) is 5.39 Å². The van der Waals surface area contributed by atoms with Gasteiger partial charge in [0, 0.05) is 22.7 Å². The van der Waals surface area contributed by atoms with Crippen molar-refractivity contribution in [1.29, 1.82) is 0 Å². The first-order valence-corrected chi connectivity index (χ1v) is 10.9. The Morgan fingerprint density at radius 3 is 3.00 bits per heavy atom. The van der Waals surface area contributed by atoms with Gasteiger partial charge in [0.1, 0.15) is 4.83 Å². The van der Waals surface area contributed by atoms with Gasteiger partial charge >= 0.3 is 0 Å². The third kappa shape index (κ3) is 4.09. The summed E-state index contributed by atoms with van der Waals surface area (Å²) in [5.74, 6) is 1.19. The lowest BCUT2D eigenvalue weighted by atomic mass is 9.89. The zero-order valence-corrected chi connectivity index (χ0v) is 16.7. The van der Waals surface area contributed by atoms with Crippen LogP contribution in [0.1, 0.15) is 30.2 Å². The first kappa shape index (κ1) is 18.3. The highest BCUT2D eigenvalue weighted by atomic mass is 32.2. The average Bonchev–Trinajstić information content (AvgIpc) is 3.00. The Kier molecular flexibility index (Phi) is 5.31. The number of nitrogens with zero attached hydrogens (tertiary/aromatic N) is 1. The molecule has 1 aromatic carbocycles. The van der Waals surface area contributed by atoms with Crippen LogP contribution >= 0.6 is 23.1 Å². The number of rotatable bonds is 5. The number of thiophene rings is 1. The summed E-state index contributed by atoms with van der Waals surface area (Å²) in [5.41, 5.74) is 1.93. The third-order valence-corrected chi connectivity index (χ3v) is 6.79. The van der Waals surface area contributed by atoms with Crippen molar-refractivity contribution in [2.75, 3.05) is 11.1 Å². The van der Waals surface area contributed by atoms with Crippen LogP contribution in [0.25, 0.3) is 10.2 Å². The second kappa shape index (κ2) is 7.86. The molecule has 0 spiro atoms. The molecule has 2 N–H and O–H groups in total.